The van der Waals surface area contributed by atoms with Crippen LogP contribution in [0.2, 0.25) is 0 Å². The molecule has 3 aromatic heterocycles. The van der Waals surface area contributed by atoms with Crippen molar-refractivity contribution in [2.24, 2.45) is 0 Å². The van der Waals surface area contributed by atoms with Crippen LogP contribution in [0.3, 0.4) is 0 Å². The highest BCUT2D eigenvalue weighted by Crippen LogP contribution is 2.28. The van der Waals surface area contributed by atoms with E-state index >= 15 is 0 Å². The molecule has 1 aliphatic rings. The van der Waals surface area contributed by atoms with Crippen LogP contribution in [0.15, 0.2) is 54.0 Å². The largest absolute Gasteiger partial charge is 0.467 e. The number of pyridine rings is 1. The van der Waals surface area contributed by atoms with E-state index in [-0.39, 0.29) is 35.5 Å². The molecule has 1 aliphatic heterocycles. The molecule has 1 atom stereocenters. The second-order valence-electron chi connectivity index (χ2n) is 8.58. The molecule has 0 aliphatic carbocycles. The fraction of sp³-hybridized carbons (Fsp3) is 0.269. The number of nitrogens with zero attached hydrogens (tertiary/aromatic N) is 8. The second kappa shape index (κ2) is 9.66. The van der Waals surface area contributed by atoms with Crippen LogP contribution in [0.1, 0.15) is 12.2 Å². The second-order valence-corrected chi connectivity index (χ2v) is 8.58. The summed E-state index contributed by atoms with van der Waals surface area (Å²) in [4.78, 5) is 47.8. The van der Waals surface area contributed by atoms with Crippen molar-refractivity contribution < 1.29 is 9.53 Å². The lowest BCUT2D eigenvalue weighted by Crippen LogP contribution is -2.55. The number of ether oxygens (including phenoxy) is 1. The molecule has 1 saturated heterocycles. The van der Waals surface area contributed by atoms with E-state index in [0.29, 0.717) is 42.5 Å². The average Bonchev–Trinajstić information content (AvgIpc) is 2.92. The van der Waals surface area contributed by atoms with E-state index in [4.69, 9.17) is 9.72 Å². The van der Waals surface area contributed by atoms with E-state index in [1.54, 1.807) is 18.0 Å². The van der Waals surface area contributed by atoms with Crippen LogP contribution >= 0.6 is 0 Å². The van der Waals surface area contributed by atoms with E-state index in [2.05, 4.69) is 27.6 Å². The summed E-state index contributed by atoms with van der Waals surface area (Å²) in [6.07, 6.45) is 3.09. The number of anilines is 1. The number of carbonyl (C=O) groups is 1. The molecule has 1 fully saturated rings. The maximum atomic E-state index is 13.9. The summed E-state index contributed by atoms with van der Waals surface area (Å²) in [7, 11) is 1.43. The summed E-state index contributed by atoms with van der Waals surface area (Å²) in [5.74, 6) is 0.645. The Morgan fingerprint density at radius 1 is 1.22 bits per heavy atom. The van der Waals surface area contributed by atoms with Crippen LogP contribution in [0.4, 0.5) is 5.82 Å². The monoisotopic (exact) mass is 496 g/mol. The topological polar surface area (TPSA) is 130 Å². The first kappa shape index (κ1) is 23.9. The van der Waals surface area contributed by atoms with Crippen molar-refractivity contribution >= 4 is 33.7 Å². The van der Waals surface area contributed by atoms with Crippen LogP contribution in [0, 0.1) is 18.3 Å². The number of fused-ring (bicyclic) bond motifs is 2. The lowest BCUT2D eigenvalue weighted by Gasteiger charge is -2.40. The number of methoxy groups -OCH3 is 1. The van der Waals surface area contributed by atoms with Crippen molar-refractivity contribution in [3.05, 3.63) is 65.4 Å². The van der Waals surface area contributed by atoms with Crippen molar-refractivity contribution in [1.29, 1.82) is 5.26 Å². The molecule has 0 N–H and O–H groups in total. The molecule has 1 aromatic carbocycles. The number of piperazine rings is 1. The Bertz CT molecular complexity index is 1640. The molecule has 4 heterocycles. The van der Waals surface area contributed by atoms with Crippen LogP contribution in [0.25, 0.3) is 27.6 Å². The summed E-state index contributed by atoms with van der Waals surface area (Å²) in [6, 6.07) is 11.1. The Balaban J connectivity index is 1.67. The van der Waals surface area contributed by atoms with Gasteiger partial charge in [-0.3, -0.25) is 19.1 Å². The van der Waals surface area contributed by atoms with Crippen molar-refractivity contribution in [3.8, 4) is 17.8 Å². The summed E-state index contributed by atoms with van der Waals surface area (Å²) >= 11 is 0. The minimum absolute atomic E-state index is 0.0258. The highest BCUT2D eigenvalue weighted by molar-refractivity contribution is 5.90. The molecular formula is C26H24N8O3. The predicted octanol–water partition coefficient (Wildman–Crippen LogP) is 2.16. The maximum absolute atomic E-state index is 13.9. The van der Waals surface area contributed by atoms with E-state index in [1.807, 2.05) is 35.2 Å². The first-order valence-corrected chi connectivity index (χ1v) is 11.7. The van der Waals surface area contributed by atoms with Gasteiger partial charge < -0.3 is 14.5 Å². The van der Waals surface area contributed by atoms with Gasteiger partial charge in [0.2, 0.25) is 5.91 Å². The summed E-state index contributed by atoms with van der Waals surface area (Å²) in [5, 5.41) is 10.2. The van der Waals surface area contributed by atoms with Crippen molar-refractivity contribution in [2.45, 2.75) is 19.4 Å². The number of aryl methyl sites for hydroxylation is 1. The zero-order valence-electron chi connectivity index (χ0n) is 20.5. The number of carbonyl (C=O) groups excluding carboxylic acids is 1. The van der Waals surface area contributed by atoms with Crippen molar-refractivity contribution in [3.63, 3.8) is 0 Å². The minimum Gasteiger partial charge on any atom is -0.467 e. The van der Waals surface area contributed by atoms with Gasteiger partial charge in [0, 0.05) is 31.2 Å². The van der Waals surface area contributed by atoms with E-state index < -0.39 is 0 Å². The molecule has 0 radical (unpaired) electrons. The first-order chi connectivity index (χ1) is 18.0. The van der Waals surface area contributed by atoms with Gasteiger partial charge in [0.1, 0.15) is 11.3 Å². The third kappa shape index (κ3) is 4.12. The lowest BCUT2D eigenvalue weighted by molar-refractivity contribution is -0.128. The smallest absolute Gasteiger partial charge is 0.318 e. The number of rotatable bonds is 5. The zero-order chi connectivity index (χ0) is 26.1. The van der Waals surface area contributed by atoms with Crippen molar-refractivity contribution in [2.75, 3.05) is 31.6 Å². The Hall–Kier alpha value is -4.85. The van der Waals surface area contributed by atoms with Crippen LogP contribution in [-0.4, -0.2) is 68.1 Å². The fourth-order valence-corrected chi connectivity index (χ4v) is 4.75. The molecular weight excluding hydrogens is 472 g/mol. The minimum atomic E-state index is -0.370. The first-order valence-electron chi connectivity index (χ1n) is 11.7. The normalized spacial score (nSPS) is 15.5. The van der Waals surface area contributed by atoms with Gasteiger partial charge in [0.15, 0.2) is 11.3 Å². The Morgan fingerprint density at radius 3 is 2.81 bits per heavy atom. The van der Waals surface area contributed by atoms with Gasteiger partial charge in [-0.1, -0.05) is 12.6 Å². The van der Waals surface area contributed by atoms with Gasteiger partial charge in [0.05, 0.1) is 36.8 Å². The maximum Gasteiger partial charge on any atom is 0.318 e. The molecule has 11 heteroatoms. The molecule has 0 bridgehead atoms. The molecule has 1 amide bonds. The van der Waals surface area contributed by atoms with Crippen molar-refractivity contribution in [1.82, 2.24) is 29.4 Å². The SMILES string of the molecule is C=CC(=O)N1CCN(c2nc(OC)nc3c(=O)n(-c4cccc5ncccc45)c(C)nc23)C[C@@H]1CC#N. The molecule has 11 nitrogen and oxygen atoms in total. The van der Waals surface area contributed by atoms with Crippen LogP contribution in [0.5, 0.6) is 6.01 Å². The summed E-state index contributed by atoms with van der Waals surface area (Å²) < 4.78 is 6.86. The van der Waals surface area contributed by atoms with Gasteiger partial charge >= 0.3 is 6.01 Å². The number of amides is 1. The summed E-state index contributed by atoms with van der Waals surface area (Å²) in [5.41, 5.74) is 1.47. The number of hydrogen-bond donors (Lipinski definition) is 0. The molecule has 186 valence electrons. The van der Waals surface area contributed by atoms with Gasteiger partial charge in [-0.05, 0) is 37.3 Å². The molecule has 4 aromatic rings. The number of aromatic nitrogens is 5. The Kier molecular flexibility index (Phi) is 6.23. The van der Waals surface area contributed by atoms with Gasteiger partial charge in [0.25, 0.3) is 5.56 Å². The van der Waals surface area contributed by atoms with Gasteiger partial charge in [-0.15, -0.1) is 0 Å². The molecule has 0 saturated carbocycles. The van der Waals surface area contributed by atoms with Crippen LogP contribution < -0.4 is 15.2 Å². The molecule has 0 spiro atoms. The third-order valence-electron chi connectivity index (χ3n) is 6.46. The van der Waals surface area contributed by atoms with E-state index in [0.717, 1.165) is 10.9 Å². The van der Waals surface area contributed by atoms with Crippen LogP contribution in [-0.2, 0) is 4.79 Å². The van der Waals surface area contributed by atoms with E-state index in [9.17, 15) is 14.9 Å². The quantitative estimate of drug-likeness (QED) is 0.382. The number of nitriles is 1. The lowest BCUT2D eigenvalue weighted by atomic mass is 10.1. The number of benzene rings is 1. The van der Waals surface area contributed by atoms with E-state index in [1.165, 1.54) is 17.8 Å². The fourth-order valence-electron chi connectivity index (χ4n) is 4.75. The molecule has 5 rings (SSSR count). The highest BCUT2D eigenvalue weighted by Gasteiger charge is 2.32. The Labute approximate surface area is 212 Å². The third-order valence-corrected chi connectivity index (χ3v) is 6.46. The summed E-state index contributed by atoms with van der Waals surface area (Å²) in [6.45, 7) is 6.45. The molecule has 0 unspecified atom stereocenters. The highest BCUT2D eigenvalue weighted by atomic mass is 16.5. The molecule has 37 heavy (non-hydrogen) atoms. The van der Waals surface area contributed by atoms with Gasteiger partial charge in [-0.25, -0.2) is 4.98 Å². The predicted molar refractivity (Wildman–Crippen MR) is 138 cm³/mol. The standard InChI is InChI=1S/C26H24N8O3/c1-4-21(35)33-14-13-32(15-17(33)10-11-27)24-22-23(30-26(31-24)37-3)25(36)34(16(2)29-22)20-9-5-8-19-18(20)7-6-12-28-19/h4-9,12,17H,1,10,13-15H2,2-3H3/t17-/m0/s1. The van der Waals surface area contributed by atoms with Gasteiger partial charge in [-0.2, -0.15) is 15.2 Å². The zero-order valence-corrected chi connectivity index (χ0v) is 20.5. The number of hydrogen-bond acceptors (Lipinski definition) is 9. The Morgan fingerprint density at radius 2 is 2.05 bits per heavy atom. The average molecular weight is 497 g/mol.